The highest BCUT2D eigenvalue weighted by Gasteiger charge is 2.34. The Morgan fingerprint density at radius 1 is 1.33 bits per heavy atom. The second-order valence-corrected chi connectivity index (χ2v) is 6.11. The molecule has 0 radical (unpaired) electrons. The number of rotatable bonds is 7. The van der Waals surface area contributed by atoms with Gasteiger partial charge in [-0.2, -0.15) is 23.0 Å². The summed E-state index contributed by atoms with van der Waals surface area (Å²) in [4.78, 5) is 21.9. The third kappa shape index (κ3) is 4.96. The Balaban J connectivity index is 1.85. The van der Waals surface area contributed by atoms with Gasteiger partial charge in [-0.1, -0.05) is 11.6 Å². The lowest BCUT2D eigenvalue weighted by atomic mass is 10.3. The second kappa shape index (κ2) is 7.94. The van der Waals surface area contributed by atoms with E-state index in [-0.39, 0.29) is 30.4 Å². The maximum atomic E-state index is 12.6. The highest BCUT2D eigenvalue weighted by molar-refractivity contribution is 6.33. The maximum Gasteiger partial charge on any atom is 0.435 e. The lowest BCUT2D eigenvalue weighted by Gasteiger charge is -2.07. The zero-order valence-electron chi connectivity index (χ0n) is 14.4. The highest BCUT2D eigenvalue weighted by Crippen LogP contribution is 2.28. The van der Waals surface area contributed by atoms with Crippen LogP contribution < -0.4 is 5.32 Å². The van der Waals surface area contributed by atoms with Crippen molar-refractivity contribution < 1.29 is 22.9 Å². The molecule has 2 aromatic heterocycles. The Hall–Kier alpha value is -2.63. The van der Waals surface area contributed by atoms with Gasteiger partial charge >= 0.3 is 12.0 Å². The van der Waals surface area contributed by atoms with E-state index in [0.29, 0.717) is 12.1 Å². The fourth-order valence-corrected chi connectivity index (χ4v) is 2.51. The van der Waals surface area contributed by atoms with Crippen molar-refractivity contribution in [1.29, 1.82) is 0 Å². The SMILES string of the molecule is Cc1cc(C(F)(F)F)nn1CCCNC(=O)Cn1nc([N+](=O)[O-])c(Cl)c1C. The molecule has 1 N–H and O–H groups in total. The number of aryl methyl sites for hydroxylation is 2. The van der Waals surface area contributed by atoms with Crippen LogP contribution >= 0.6 is 11.6 Å². The molecule has 1 amide bonds. The van der Waals surface area contributed by atoms with E-state index in [1.165, 1.54) is 18.5 Å². The van der Waals surface area contributed by atoms with Gasteiger partial charge in [-0.15, -0.1) is 0 Å². The van der Waals surface area contributed by atoms with Gasteiger partial charge in [0.05, 0.1) is 10.8 Å². The summed E-state index contributed by atoms with van der Waals surface area (Å²) in [6.07, 6.45) is -4.15. The van der Waals surface area contributed by atoms with Crippen LogP contribution in [0.25, 0.3) is 0 Å². The highest BCUT2D eigenvalue weighted by atomic mass is 35.5. The molecule has 13 heteroatoms. The lowest BCUT2D eigenvalue weighted by molar-refractivity contribution is -0.389. The first kappa shape index (κ1) is 20.7. The summed E-state index contributed by atoms with van der Waals surface area (Å²) in [6, 6.07) is 0.954. The molecule has 2 heterocycles. The number of alkyl halides is 3. The number of aromatic nitrogens is 4. The van der Waals surface area contributed by atoms with Crippen molar-refractivity contribution in [2.75, 3.05) is 6.54 Å². The summed E-state index contributed by atoms with van der Waals surface area (Å²) >= 11 is 5.79. The first-order valence-corrected chi connectivity index (χ1v) is 8.14. The molecule has 9 nitrogen and oxygen atoms in total. The van der Waals surface area contributed by atoms with Crippen LogP contribution in [0.5, 0.6) is 0 Å². The molecule has 0 spiro atoms. The standard InChI is InChI=1S/C14H16ClF3N6O3/c1-8-6-10(14(16,17)18)20-22(8)5-3-4-19-11(25)7-23-9(2)12(15)13(21-23)24(26)27/h6H,3-5,7H2,1-2H3,(H,19,25). The van der Waals surface area contributed by atoms with E-state index in [4.69, 9.17) is 11.6 Å². The van der Waals surface area contributed by atoms with E-state index in [0.717, 1.165) is 10.7 Å². The molecule has 0 aliphatic heterocycles. The van der Waals surface area contributed by atoms with Gasteiger partial charge in [-0.3, -0.25) is 9.48 Å². The predicted octanol–water partition coefficient (Wildman–Crippen LogP) is 2.48. The molecule has 2 rings (SSSR count). The van der Waals surface area contributed by atoms with Crippen molar-refractivity contribution in [2.24, 2.45) is 0 Å². The summed E-state index contributed by atoms with van der Waals surface area (Å²) in [5.74, 6) is -0.989. The molecule has 0 bridgehead atoms. The Bertz CT molecular complexity index is 861. The van der Waals surface area contributed by atoms with E-state index in [1.54, 1.807) is 0 Å². The van der Waals surface area contributed by atoms with E-state index in [1.807, 2.05) is 0 Å². The van der Waals surface area contributed by atoms with E-state index in [2.05, 4.69) is 15.5 Å². The number of carbonyl (C=O) groups is 1. The molecule has 0 saturated carbocycles. The quantitative estimate of drug-likeness (QED) is 0.430. The molecule has 0 aromatic carbocycles. The van der Waals surface area contributed by atoms with Crippen molar-refractivity contribution in [3.05, 3.63) is 38.3 Å². The molecular formula is C14H16ClF3N6O3. The average molecular weight is 409 g/mol. The smallest absolute Gasteiger partial charge is 0.358 e. The summed E-state index contributed by atoms with van der Waals surface area (Å²) in [5.41, 5.74) is -0.315. The van der Waals surface area contributed by atoms with Gasteiger partial charge in [0, 0.05) is 18.8 Å². The number of nitro groups is 1. The number of amides is 1. The Morgan fingerprint density at radius 2 is 2.00 bits per heavy atom. The van der Waals surface area contributed by atoms with Gasteiger partial charge in [-0.05, 0) is 31.3 Å². The molecule has 0 unspecified atom stereocenters. The van der Waals surface area contributed by atoms with Crippen molar-refractivity contribution in [1.82, 2.24) is 24.9 Å². The molecule has 27 heavy (non-hydrogen) atoms. The second-order valence-electron chi connectivity index (χ2n) is 5.73. The maximum absolute atomic E-state index is 12.6. The Kier molecular flexibility index (Phi) is 6.08. The number of halogens is 4. The van der Waals surface area contributed by atoms with Crippen LogP contribution in [0.15, 0.2) is 6.07 Å². The van der Waals surface area contributed by atoms with E-state index >= 15 is 0 Å². The summed E-state index contributed by atoms with van der Waals surface area (Å²) in [5, 5.41) is 20.4. The Morgan fingerprint density at radius 3 is 2.52 bits per heavy atom. The number of hydrogen-bond donors (Lipinski definition) is 1. The number of hydrogen-bond acceptors (Lipinski definition) is 5. The lowest BCUT2D eigenvalue weighted by Crippen LogP contribution is -2.29. The zero-order valence-corrected chi connectivity index (χ0v) is 15.1. The summed E-state index contributed by atoms with van der Waals surface area (Å²) in [6.45, 7) is 3.13. The van der Waals surface area contributed by atoms with Crippen LogP contribution in [0, 0.1) is 24.0 Å². The fourth-order valence-electron chi connectivity index (χ4n) is 2.30. The van der Waals surface area contributed by atoms with Gasteiger partial charge in [0.25, 0.3) is 0 Å². The number of nitrogens with zero attached hydrogens (tertiary/aromatic N) is 5. The van der Waals surface area contributed by atoms with Crippen molar-refractivity contribution >= 4 is 23.3 Å². The molecular weight excluding hydrogens is 393 g/mol. The average Bonchev–Trinajstić information content (AvgIpc) is 3.06. The monoisotopic (exact) mass is 408 g/mol. The first-order valence-electron chi connectivity index (χ1n) is 7.76. The van der Waals surface area contributed by atoms with Crippen LogP contribution in [0.3, 0.4) is 0 Å². The molecule has 2 aromatic rings. The fraction of sp³-hybridized carbons (Fsp3) is 0.500. The van der Waals surface area contributed by atoms with Gasteiger partial charge in [0.2, 0.25) is 5.91 Å². The molecule has 0 saturated heterocycles. The van der Waals surface area contributed by atoms with Crippen LogP contribution in [-0.4, -0.2) is 36.9 Å². The minimum atomic E-state index is -4.50. The summed E-state index contributed by atoms with van der Waals surface area (Å²) in [7, 11) is 0. The minimum Gasteiger partial charge on any atom is -0.358 e. The van der Waals surface area contributed by atoms with Crippen LogP contribution in [0.1, 0.15) is 23.5 Å². The summed E-state index contributed by atoms with van der Waals surface area (Å²) < 4.78 is 40.1. The zero-order chi connectivity index (χ0) is 20.4. The first-order chi connectivity index (χ1) is 12.5. The van der Waals surface area contributed by atoms with Crippen LogP contribution in [0.2, 0.25) is 5.02 Å². The Labute approximate surface area is 156 Å². The van der Waals surface area contributed by atoms with Crippen molar-refractivity contribution in [2.45, 2.75) is 39.5 Å². The third-order valence-corrected chi connectivity index (χ3v) is 4.17. The topological polar surface area (TPSA) is 108 Å². The van der Waals surface area contributed by atoms with Crippen molar-refractivity contribution in [3.63, 3.8) is 0 Å². The van der Waals surface area contributed by atoms with E-state index < -0.39 is 28.5 Å². The molecule has 148 valence electrons. The van der Waals surface area contributed by atoms with Crippen LogP contribution in [0.4, 0.5) is 19.0 Å². The molecule has 0 aliphatic carbocycles. The van der Waals surface area contributed by atoms with Gasteiger partial charge in [0.1, 0.15) is 6.54 Å². The predicted molar refractivity (Wildman–Crippen MR) is 88.2 cm³/mol. The minimum absolute atomic E-state index is 0.137. The van der Waals surface area contributed by atoms with Crippen molar-refractivity contribution in [3.8, 4) is 0 Å². The van der Waals surface area contributed by atoms with E-state index in [9.17, 15) is 28.1 Å². The molecule has 0 aliphatic rings. The van der Waals surface area contributed by atoms with Gasteiger partial charge in [0.15, 0.2) is 10.7 Å². The molecule has 0 atom stereocenters. The normalized spacial score (nSPS) is 11.6. The van der Waals surface area contributed by atoms with Crippen LogP contribution in [-0.2, 0) is 24.1 Å². The third-order valence-electron chi connectivity index (χ3n) is 3.72. The van der Waals surface area contributed by atoms with Gasteiger partial charge in [-0.25, -0.2) is 0 Å². The van der Waals surface area contributed by atoms with Gasteiger partial charge < -0.3 is 15.4 Å². The number of carbonyl (C=O) groups excluding carboxylic acids is 1. The largest absolute Gasteiger partial charge is 0.435 e. The number of nitrogens with one attached hydrogen (secondary N) is 1. The molecule has 0 fully saturated rings.